The highest BCUT2D eigenvalue weighted by atomic mass is 16.6. The second-order valence-corrected chi connectivity index (χ2v) is 7.06. The van der Waals surface area contributed by atoms with Crippen LogP contribution in [0.3, 0.4) is 0 Å². The molecule has 0 aromatic heterocycles. The number of esters is 1. The van der Waals surface area contributed by atoms with Gasteiger partial charge in [0.15, 0.2) is 6.10 Å². The minimum atomic E-state index is -1.06. The molecule has 0 spiro atoms. The third-order valence-corrected chi connectivity index (χ3v) is 4.79. The average molecular weight is 397 g/mol. The molecule has 1 N–H and O–H groups in total. The lowest BCUT2D eigenvalue weighted by Gasteiger charge is -2.18. The highest BCUT2D eigenvalue weighted by Gasteiger charge is 2.25. The van der Waals surface area contributed by atoms with Crippen LogP contribution in [0.1, 0.15) is 35.7 Å². The molecule has 1 aliphatic rings. The van der Waals surface area contributed by atoms with Crippen molar-refractivity contribution in [3.8, 4) is 0 Å². The fourth-order valence-corrected chi connectivity index (χ4v) is 3.27. The number of amides is 1. The Morgan fingerprint density at radius 2 is 1.90 bits per heavy atom. The number of aryl methyl sites for hydroxylation is 1. The first-order valence-electron chi connectivity index (χ1n) is 9.47. The number of nitrogens with one attached hydrogen (secondary N) is 1. The van der Waals surface area contributed by atoms with Crippen LogP contribution in [-0.4, -0.2) is 36.0 Å². The number of nitro groups is 1. The van der Waals surface area contributed by atoms with E-state index in [0.717, 1.165) is 31.5 Å². The topological polar surface area (TPSA) is 102 Å². The van der Waals surface area contributed by atoms with E-state index in [-0.39, 0.29) is 11.3 Å². The Labute approximate surface area is 168 Å². The molecular formula is C21H23N3O5. The van der Waals surface area contributed by atoms with Gasteiger partial charge in [0, 0.05) is 24.8 Å². The standard InChI is InChI=1S/C21H23N3O5/c1-14-6-5-7-17(12-14)22-20(25)15(2)29-21(26)16-8-9-18(19(13-16)24(27)28)23-10-3-4-11-23/h5-9,12-13,15H,3-4,10-11H2,1-2H3,(H,22,25)/t15-/m0/s1. The lowest BCUT2D eigenvalue weighted by atomic mass is 10.1. The number of anilines is 2. The van der Waals surface area contributed by atoms with Gasteiger partial charge in [-0.25, -0.2) is 4.79 Å². The van der Waals surface area contributed by atoms with Crippen molar-refractivity contribution in [1.82, 2.24) is 0 Å². The van der Waals surface area contributed by atoms with Crippen LogP contribution in [0.2, 0.25) is 0 Å². The van der Waals surface area contributed by atoms with E-state index in [4.69, 9.17) is 4.74 Å². The summed E-state index contributed by atoms with van der Waals surface area (Å²) in [5.74, 6) is -1.26. The van der Waals surface area contributed by atoms with Crippen LogP contribution in [0.5, 0.6) is 0 Å². The van der Waals surface area contributed by atoms with E-state index in [0.29, 0.717) is 11.4 Å². The Morgan fingerprint density at radius 3 is 2.55 bits per heavy atom. The van der Waals surface area contributed by atoms with Gasteiger partial charge in [0.05, 0.1) is 10.5 Å². The lowest BCUT2D eigenvalue weighted by molar-refractivity contribution is -0.384. The first-order valence-corrected chi connectivity index (χ1v) is 9.47. The number of nitrogens with zero attached hydrogens (tertiary/aromatic N) is 2. The van der Waals surface area contributed by atoms with Gasteiger partial charge in [-0.2, -0.15) is 0 Å². The summed E-state index contributed by atoms with van der Waals surface area (Å²) >= 11 is 0. The zero-order chi connectivity index (χ0) is 21.0. The molecule has 0 unspecified atom stereocenters. The molecule has 0 aliphatic carbocycles. The van der Waals surface area contributed by atoms with Gasteiger partial charge in [0.25, 0.3) is 11.6 Å². The molecule has 1 atom stereocenters. The monoisotopic (exact) mass is 397 g/mol. The first kappa shape index (κ1) is 20.3. The van der Waals surface area contributed by atoms with Gasteiger partial charge in [0.1, 0.15) is 5.69 Å². The van der Waals surface area contributed by atoms with Gasteiger partial charge in [-0.05, 0) is 56.5 Å². The number of ether oxygens (including phenoxy) is 1. The lowest BCUT2D eigenvalue weighted by Crippen LogP contribution is -2.30. The average Bonchev–Trinajstić information content (AvgIpc) is 3.22. The quantitative estimate of drug-likeness (QED) is 0.453. The van der Waals surface area contributed by atoms with Crippen LogP contribution in [0.15, 0.2) is 42.5 Å². The summed E-state index contributed by atoms with van der Waals surface area (Å²) in [5.41, 5.74) is 1.98. The number of carbonyl (C=O) groups excluding carboxylic acids is 2. The largest absolute Gasteiger partial charge is 0.449 e. The minimum Gasteiger partial charge on any atom is -0.449 e. The van der Waals surface area contributed by atoms with Crippen LogP contribution in [0.4, 0.5) is 17.1 Å². The van der Waals surface area contributed by atoms with E-state index in [1.165, 1.54) is 19.1 Å². The molecule has 2 aromatic carbocycles. The second-order valence-electron chi connectivity index (χ2n) is 7.06. The van der Waals surface area contributed by atoms with Gasteiger partial charge in [0.2, 0.25) is 0 Å². The maximum absolute atomic E-state index is 12.4. The molecule has 1 fully saturated rings. The van der Waals surface area contributed by atoms with E-state index in [1.807, 2.05) is 24.0 Å². The van der Waals surface area contributed by atoms with Crippen LogP contribution < -0.4 is 10.2 Å². The Kier molecular flexibility index (Phi) is 6.11. The number of hydrogen-bond acceptors (Lipinski definition) is 6. The van der Waals surface area contributed by atoms with E-state index in [1.54, 1.807) is 18.2 Å². The second kappa shape index (κ2) is 8.72. The molecule has 0 saturated carbocycles. The number of carbonyl (C=O) groups is 2. The predicted molar refractivity (Wildman–Crippen MR) is 109 cm³/mol. The number of rotatable bonds is 6. The van der Waals surface area contributed by atoms with E-state index in [9.17, 15) is 19.7 Å². The fraction of sp³-hybridized carbons (Fsp3) is 0.333. The third kappa shape index (κ3) is 4.90. The van der Waals surface area contributed by atoms with Crippen molar-refractivity contribution in [2.45, 2.75) is 32.8 Å². The molecular weight excluding hydrogens is 374 g/mol. The van der Waals surface area contributed by atoms with Gasteiger partial charge in [-0.1, -0.05) is 12.1 Å². The summed E-state index contributed by atoms with van der Waals surface area (Å²) < 4.78 is 5.21. The van der Waals surface area contributed by atoms with Gasteiger partial charge in [-0.3, -0.25) is 14.9 Å². The molecule has 1 heterocycles. The zero-order valence-electron chi connectivity index (χ0n) is 16.4. The van der Waals surface area contributed by atoms with Crippen molar-refractivity contribution < 1.29 is 19.2 Å². The van der Waals surface area contributed by atoms with Crippen molar-refractivity contribution in [3.05, 3.63) is 63.7 Å². The Bertz CT molecular complexity index is 938. The summed E-state index contributed by atoms with van der Waals surface area (Å²) in [6.07, 6.45) is 0.906. The molecule has 8 nitrogen and oxygen atoms in total. The van der Waals surface area contributed by atoms with E-state index >= 15 is 0 Å². The summed E-state index contributed by atoms with van der Waals surface area (Å²) in [7, 11) is 0. The molecule has 1 amide bonds. The van der Waals surface area contributed by atoms with Crippen LogP contribution in [-0.2, 0) is 9.53 Å². The summed E-state index contributed by atoms with van der Waals surface area (Å²) in [6, 6.07) is 11.5. The van der Waals surface area contributed by atoms with Crippen LogP contribution in [0.25, 0.3) is 0 Å². The van der Waals surface area contributed by atoms with Crippen molar-refractivity contribution >= 4 is 28.9 Å². The molecule has 3 rings (SSSR count). The maximum Gasteiger partial charge on any atom is 0.339 e. The van der Waals surface area contributed by atoms with Crippen molar-refractivity contribution in [3.63, 3.8) is 0 Å². The van der Waals surface area contributed by atoms with Crippen LogP contribution >= 0.6 is 0 Å². The fourth-order valence-electron chi connectivity index (χ4n) is 3.27. The summed E-state index contributed by atoms with van der Waals surface area (Å²) in [4.78, 5) is 37.6. The Hall–Kier alpha value is -3.42. The van der Waals surface area contributed by atoms with Crippen molar-refractivity contribution in [2.24, 2.45) is 0 Å². The molecule has 1 saturated heterocycles. The Morgan fingerprint density at radius 1 is 1.17 bits per heavy atom. The highest BCUT2D eigenvalue weighted by molar-refractivity contribution is 5.98. The number of nitro benzene ring substituents is 1. The number of hydrogen-bond donors (Lipinski definition) is 1. The predicted octanol–water partition coefficient (Wildman–Crippen LogP) is 3.69. The van der Waals surface area contributed by atoms with Crippen molar-refractivity contribution in [1.29, 1.82) is 0 Å². The molecule has 152 valence electrons. The van der Waals surface area contributed by atoms with Gasteiger partial charge in [-0.15, -0.1) is 0 Å². The van der Waals surface area contributed by atoms with E-state index < -0.39 is 22.9 Å². The highest BCUT2D eigenvalue weighted by Crippen LogP contribution is 2.32. The zero-order valence-corrected chi connectivity index (χ0v) is 16.4. The summed E-state index contributed by atoms with van der Waals surface area (Å²) in [6.45, 7) is 4.86. The molecule has 8 heteroatoms. The van der Waals surface area contributed by atoms with Crippen LogP contribution in [0, 0.1) is 17.0 Å². The van der Waals surface area contributed by atoms with Gasteiger partial charge >= 0.3 is 5.97 Å². The first-order chi connectivity index (χ1) is 13.8. The van der Waals surface area contributed by atoms with E-state index in [2.05, 4.69) is 5.32 Å². The number of benzene rings is 2. The SMILES string of the molecule is Cc1cccc(NC(=O)[C@H](C)OC(=O)c2ccc(N3CCCC3)c([N+](=O)[O-])c2)c1. The normalized spacial score (nSPS) is 14.3. The molecule has 29 heavy (non-hydrogen) atoms. The minimum absolute atomic E-state index is 0.0369. The molecule has 0 bridgehead atoms. The smallest absolute Gasteiger partial charge is 0.339 e. The van der Waals surface area contributed by atoms with Crippen molar-refractivity contribution in [2.75, 3.05) is 23.3 Å². The molecule has 1 aliphatic heterocycles. The summed E-state index contributed by atoms with van der Waals surface area (Å²) in [5, 5.41) is 14.2. The molecule has 2 aromatic rings. The maximum atomic E-state index is 12.4. The molecule has 0 radical (unpaired) electrons. The Balaban J connectivity index is 1.70. The van der Waals surface area contributed by atoms with Gasteiger partial charge < -0.3 is 15.0 Å². The third-order valence-electron chi connectivity index (χ3n) is 4.79.